The van der Waals surface area contributed by atoms with E-state index in [0.29, 0.717) is 28.1 Å². The third-order valence-electron chi connectivity index (χ3n) is 7.24. The van der Waals surface area contributed by atoms with E-state index in [1.807, 2.05) is 7.05 Å². The third-order valence-corrected chi connectivity index (χ3v) is 8.20. The molecule has 218 valence electrons. The van der Waals surface area contributed by atoms with Crippen molar-refractivity contribution < 1.29 is 23.1 Å². The summed E-state index contributed by atoms with van der Waals surface area (Å²) in [5.41, 5.74) is 0.648. The fourth-order valence-corrected chi connectivity index (χ4v) is 5.65. The first-order valence-corrected chi connectivity index (χ1v) is 14.2. The molecule has 0 unspecified atom stereocenters. The zero-order chi connectivity index (χ0) is 28.9. The van der Waals surface area contributed by atoms with Crippen LogP contribution in [0.2, 0.25) is 0 Å². The van der Waals surface area contributed by atoms with Gasteiger partial charge in [-0.15, -0.1) is 0 Å². The SMILES string of the molecule is CN1CCC(OC(=O)Nc2ccnc(N3CC[C@@H](F)[C@@H](N(C)C(=O)Nc4ncc(-c5cccc(F)c5)s4)C3)n2)CC1. The number of aromatic nitrogens is 3. The molecule has 2 N–H and O–H groups in total. The Morgan fingerprint density at radius 2 is 1.93 bits per heavy atom. The number of carbonyl (C=O) groups excluding carboxylic acids is 2. The minimum absolute atomic E-state index is 0.143. The molecule has 3 aromatic rings. The Hall–Kier alpha value is -3.91. The number of piperidine rings is 2. The lowest BCUT2D eigenvalue weighted by Crippen LogP contribution is -2.55. The number of likely N-dealkylation sites (tertiary alicyclic amines) is 1. The molecule has 2 atom stereocenters. The standard InChI is InChI=1S/C27H32F2N8O3S/c1-35-11-7-19(8-12-35)40-27(39)33-23-6-10-30-24(32-23)37-13-9-20(29)21(16-37)36(2)26(38)34-25-31-15-22(41-25)17-4-3-5-18(28)14-17/h3-6,10,14-15,19-21H,7-9,11-13,16H2,1-2H3,(H,31,34,38)(H,30,32,33,39)/t20-,21+/m1/s1. The Labute approximate surface area is 240 Å². The molecule has 0 aliphatic carbocycles. The number of carbonyl (C=O) groups is 2. The summed E-state index contributed by atoms with van der Waals surface area (Å²) in [6.07, 6.45) is 2.80. The summed E-state index contributed by atoms with van der Waals surface area (Å²) < 4.78 is 34.1. The third kappa shape index (κ3) is 7.24. The number of nitrogens with zero attached hydrogens (tertiary/aromatic N) is 6. The molecule has 14 heteroatoms. The lowest BCUT2D eigenvalue weighted by Gasteiger charge is -2.39. The Balaban J connectivity index is 1.18. The van der Waals surface area contributed by atoms with Gasteiger partial charge in [-0.3, -0.25) is 10.6 Å². The maximum atomic E-state index is 15.0. The average Bonchev–Trinajstić information content (AvgIpc) is 3.43. The fourth-order valence-electron chi connectivity index (χ4n) is 4.85. The summed E-state index contributed by atoms with van der Waals surface area (Å²) >= 11 is 1.20. The molecule has 2 saturated heterocycles. The molecule has 2 aromatic heterocycles. The number of ether oxygens (including phenoxy) is 1. The second-order valence-electron chi connectivity index (χ2n) is 10.2. The summed E-state index contributed by atoms with van der Waals surface area (Å²) in [4.78, 5) is 44.3. The van der Waals surface area contributed by atoms with Crippen molar-refractivity contribution in [3.8, 4) is 10.4 Å². The van der Waals surface area contributed by atoms with Gasteiger partial charge in [0.1, 0.15) is 23.9 Å². The molecule has 4 heterocycles. The number of benzene rings is 1. The van der Waals surface area contributed by atoms with E-state index >= 15 is 4.39 Å². The van der Waals surface area contributed by atoms with Gasteiger partial charge in [-0.2, -0.15) is 4.98 Å². The lowest BCUT2D eigenvalue weighted by atomic mass is 10.0. The van der Waals surface area contributed by atoms with Gasteiger partial charge in [0, 0.05) is 45.6 Å². The van der Waals surface area contributed by atoms with Crippen molar-refractivity contribution in [2.45, 2.75) is 37.6 Å². The fraction of sp³-hybridized carbons (Fsp3) is 0.444. The quantitative estimate of drug-likeness (QED) is 0.435. The predicted molar refractivity (Wildman–Crippen MR) is 152 cm³/mol. The van der Waals surface area contributed by atoms with Gasteiger partial charge in [0.05, 0.1) is 10.9 Å². The first kappa shape index (κ1) is 28.6. The van der Waals surface area contributed by atoms with Crippen LogP contribution in [0.1, 0.15) is 19.3 Å². The van der Waals surface area contributed by atoms with Crippen molar-refractivity contribution in [3.63, 3.8) is 0 Å². The highest BCUT2D eigenvalue weighted by Crippen LogP contribution is 2.30. The number of nitrogens with one attached hydrogen (secondary N) is 2. The number of rotatable bonds is 6. The van der Waals surface area contributed by atoms with Gasteiger partial charge in [0.15, 0.2) is 5.13 Å². The highest BCUT2D eigenvalue weighted by molar-refractivity contribution is 7.19. The molecule has 0 saturated carbocycles. The smallest absolute Gasteiger partial charge is 0.413 e. The van der Waals surface area contributed by atoms with E-state index < -0.39 is 24.3 Å². The van der Waals surface area contributed by atoms with E-state index in [9.17, 15) is 14.0 Å². The largest absolute Gasteiger partial charge is 0.446 e. The average molecular weight is 587 g/mol. The van der Waals surface area contributed by atoms with Crippen molar-refractivity contribution in [1.82, 2.24) is 24.8 Å². The molecule has 41 heavy (non-hydrogen) atoms. The van der Waals surface area contributed by atoms with Gasteiger partial charge in [0.2, 0.25) is 5.95 Å². The lowest BCUT2D eigenvalue weighted by molar-refractivity contribution is 0.0661. The second kappa shape index (κ2) is 12.7. The van der Waals surface area contributed by atoms with E-state index in [2.05, 4.69) is 30.5 Å². The van der Waals surface area contributed by atoms with Crippen LogP contribution in [-0.4, -0.2) is 95.5 Å². The monoisotopic (exact) mass is 586 g/mol. The van der Waals surface area contributed by atoms with Crippen LogP contribution in [0.25, 0.3) is 10.4 Å². The van der Waals surface area contributed by atoms with Crippen LogP contribution in [0.5, 0.6) is 0 Å². The number of likely N-dealkylation sites (N-methyl/N-ethyl adjacent to an activating group) is 1. The van der Waals surface area contributed by atoms with Gasteiger partial charge < -0.3 is 19.4 Å². The van der Waals surface area contributed by atoms with Gasteiger partial charge in [-0.1, -0.05) is 23.5 Å². The van der Waals surface area contributed by atoms with Gasteiger partial charge in [0.25, 0.3) is 0 Å². The number of hydrogen-bond acceptors (Lipinski definition) is 9. The molecule has 2 fully saturated rings. The Morgan fingerprint density at radius 1 is 1.12 bits per heavy atom. The van der Waals surface area contributed by atoms with Crippen LogP contribution in [0.4, 0.5) is 35.3 Å². The number of urea groups is 1. The molecule has 2 aliphatic heterocycles. The minimum atomic E-state index is -1.26. The summed E-state index contributed by atoms with van der Waals surface area (Å²) in [5, 5.41) is 5.68. The molecule has 5 rings (SSSR count). The Bertz CT molecular complexity index is 1370. The highest BCUT2D eigenvalue weighted by atomic mass is 32.1. The molecule has 2 aliphatic rings. The van der Waals surface area contributed by atoms with E-state index in [4.69, 9.17) is 4.74 Å². The van der Waals surface area contributed by atoms with Crippen LogP contribution >= 0.6 is 11.3 Å². The van der Waals surface area contributed by atoms with Gasteiger partial charge >= 0.3 is 12.1 Å². The van der Waals surface area contributed by atoms with Crippen molar-refractivity contribution in [2.75, 3.05) is 55.8 Å². The maximum Gasteiger partial charge on any atom is 0.413 e. The molecule has 11 nitrogen and oxygen atoms in total. The van der Waals surface area contributed by atoms with Crippen LogP contribution in [0.3, 0.4) is 0 Å². The van der Waals surface area contributed by atoms with Gasteiger partial charge in [-0.05, 0) is 50.1 Å². The number of alkyl halides is 1. The number of thiazole rings is 1. The number of amides is 3. The normalized spacial score (nSPS) is 20.0. The molecule has 0 bridgehead atoms. The van der Waals surface area contributed by atoms with Crippen molar-refractivity contribution in [3.05, 3.63) is 48.5 Å². The molecule has 3 amide bonds. The van der Waals surface area contributed by atoms with Gasteiger partial charge in [-0.25, -0.2) is 28.3 Å². The van der Waals surface area contributed by atoms with E-state index in [-0.39, 0.29) is 30.7 Å². The number of halogens is 2. The van der Waals surface area contributed by atoms with Crippen molar-refractivity contribution >= 4 is 40.4 Å². The van der Waals surface area contributed by atoms with Crippen LogP contribution in [0, 0.1) is 5.82 Å². The first-order valence-electron chi connectivity index (χ1n) is 13.4. The number of hydrogen-bond donors (Lipinski definition) is 2. The predicted octanol–water partition coefficient (Wildman–Crippen LogP) is 4.46. The topological polar surface area (TPSA) is 116 Å². The number of anilines is 3. The van der Waals surface area contributed by atoms with E-state index in [1.165, 1.54) is 41.6 Å². The van der Waals surface area contributed by atoms with Crippen LogP contribution in [0.15, 0.2) is 42.7 Å². The van der Waals surface area contributed by atoms with E-state index in [1.54, 1.807) is 29.3 Å². The second-order valence-corrected chi connectivity index (χ2v) is 11.2. The molecule has 0 spiro atoms. The zero-order valence-corrected chi connectivity index (χ0v) is 23.6. The Morgan fingerprint density at radius 3 is 2.71 bits per heavy atom. The van der Waals surface area contributed by atoms with Crippen molar-refractivity contribution in [2.24, 2.45) is 0 Å². The van der Waals surface area contributed by atoms with Crippen LogP contribution < -0.4 is 15.5 Å². The molecular formula is C27H32F2N8O3S. The summed E-state index contributed by atoms with van der Waals surface area (Å²) in [6.45, 7) is 2.24. The van der Waals surface area contributed by atoms with Crippen molar-refractivity contribution in [1.29, 1.82) is 0 Å². The Kier molecular flexibility index (Phi) is 8.88. The zero-order valence-electron chi connectivity index (χ0n) is 22.8. The minimum Gasteiger partial charge on any atom is -0.446 e. The molecular weight excluding hydrogens is 554 g/mol. The molecule has 0 radical (unpaired) electrons. The summed E-state index contributed by atoms with van der Waals surface area (Å²) in [6, 6.07) is 6.36. The molecule has 1 aromatic carbocycles. The van der Waals surface area contributed by atoms with Crippen LogP contribution in [-0.2, 0) is 4.74 Å². The highest BCUT2D eigenvalue weighted by Gasteiger charge is 2.35. The summed E-state index contributed by atoms with van der Waals surface area (Å²) in [7, 11) is 3.56. The first-order chi connectivity index (χ1) is 19.7. The van der Waals surface area contributed by atoms with E-state index in [0.717, 1.165) is 25.9 Å². The maximum absolute atomic E-state index is 15.0. The summed E-state index contributed by atoms with van der Waals surface area (Å²) in [5.74, 6) is 0.221.